The van der Waals surface area contributed by atoms with Gasteiger partial charge in [-0.2, -0.15) is 0 Å². The van der Waals surface area contributed by atoms with Gasteiger partial charge in [-0.15, -0.1) is 0 Å². The highest BCUT2D eigenvalue weighted by Gasteiger charge is 2.35. The van der Waals surface area contributed by atoms with Crippen molar-refractivity contribution in [1.82, 2.24) is 9.97 Å². The average molecular weight is 483 g/mol. The summed E-state index contributed by atoms with van der Waals surface area (Å²) in [7, 11) is 0. The third-order valence-corrected chi connectivity index (χ3v) is 5.65. The topological polar surface area (TPSA) is 93.0 Å². The Kier molecular flexibility index (Phi) is 5.69. The molecule has 1 aromatic heterocycles. The number of benzene rings is 2. The summed E-state index contributed by atoms with van der Waals surface area (Å²) in [5, 5.41) is 3.17. The fourth-order valence-electron chi connectivity index (χ4n) is 3.55. The number of halogens is 1. The number of hydrogen-bond donors (Lipinski definition) is 3. The number of ether oxygens (including phenoxy) is 1. The van der Waals surface area contributed by atoms with Gasteiger partial charge in [0, 0.05) is 15.7 Å². The molecule has 8 heteroatoms. The molecule has 2 aromatic carbocycles. The zero-order valence-corrected chi connectivity index (χ0v) is 18.5. The highest BCUT2D eigenvalue weighted by molar-refractivity contribution is 9.10. The van der Waals surface area contributed by atoms with Gasteiger partial charge in [-0.3, -0.25) is 0 Å². The van der Waals surface area contributed by atoms with Crippen LogP contribution >= 0.6 is 28.1 Å². The van der Waals surface area contributed by atoms with Crippen molar-refractivity contribution in [2.24, 2.45) is 0 Å². The lowest BCUT2D eigenvalue weighted by Gasteiger charge is -2.30. The van der Waals surface area contributed by atoms with Crippen molar-refractivity contribution in [2.75, 3.05) is 11.1 Å². The molecule has 6 nitrogen and oxygen atoms in total. The van der Waals surface area contributed by atoms with Crippen LogP contribution < -0.4 is 11.1 Å². The summed E-state index contributed by atoms with van der Waals surface area (Å²) >= 11 is 8.63. The van der Waals surface area contributed by atoms with Crippen molar-refractivity contribution in [3.05, 3.63) is 91.8 Å². The summed E-state index contributed by atoms with van der Waals surface area (Å²) in [5.74, 6) is 0.0498. The van der Waals surface area contributed by atoms with E-state index in [2.05, 4.69) is 31.2 Å². The number of rotatable bonds is 4. The average Bonchev–Trinajstić information content (AvgIpc) is 2.72. The summed E-state index contributed by atoms with van der Waals surface area (Å²) in [4.78, 5) is 20.5. The van der Waals surface area contributed by atoms with Crippen molar-refractivity contribution < 1.29 is 9.53 Å². The first-order valence-electron chi connectivity index (χ1n) is 9.28. The third kappa shape index (κ3) is 4.01. The number of hydrogen-bond acceptors (Lipinski definition) is 6. The van der Waals surface area contributed by atoms with Gasteiger partial charge in [-0.25, -0.2) is 9.78 Å². The summed E-state index contributed by atoms with van der Waals surface area (Å²) in [6, 6.07) is 17.3. The van der Waals surface area contributed by atoms with E-state index in [1.807, 2.05) is 61.5 Å². The van der Waals surface area contributed by atoms with Gasteiger partial charge >= 0.3 is 5.97 Å². The number of nitrogens with one attached hydrogen (secondary N) is 2. The molecule has 4 N–H and O–H groups in total. The number of esters is 1. The number of allylic oxidation sites excluding steroid dienone is 1. The first-order chi connectivity index (χ1) is 14.4. The molecule has 0 bridgehead atoms. The number of aromatic nitrogens is 2. The molecule has 0 spiro atoms. The van der Waals surface area contributed by atoms with Crippen LogP contribution in [0.1, 0.15) is 29.5 Å². The molecule has 1 atom stereocenters. The summed E-state index contributed by atoms with van der Waals surface area (Å²) in [5.41, 5.74) is 9.91. The van der Waals surface area contributed by atoms with Crippen LogP contribution in [0.3, 0.4) is 0 Å². The zero-order valence-electron chi connectivity index (χ0n) is 16.1. The first kappa shape index (κ1) is 20.3. The van der Waals surface area contributed by atoms with Crippen LogP contribution in [0.25, 0.3) is 0 Å². The maximum Gasteiger partial charge on any atom is 0.337 e. The molecule has 1 aliphatic rings. The Labute approximate surface area is 187 Å². The van der Waals surface area contributed by atoms with E-state index in [0.717, 1.165) is 15.6 Å². The highest BCUT2D eigenvalue weighted by atomic mass is 79.9. The molecule has 1 aliphatic heterocycles. The summed E-state index contributed by atoms with van der Waals surface area (Å²) < 4.78 is 6.87. The predicted octanol–water partition coefficient (Wildman–Crippen LogP) is 5.06. The van der Waals surface area contributed by atoms with Crippen LogP contribution in [-0.4, -0.2) is 15.9 Å². The number of nitrogens with zero attached hydrogens (tertiary/aromatic N) is 1. The van der Waals surface area contributed by atoms with E-state index in [4.69, 9.17) is 22.7 Å². The van der Waals surface area contributed by atoms with Crippen LogP contribution in [0.2, 0.25) is 0 Å². The smallest absolute Gasteiger partial charge is 0.337 e. The SMILES string of the molecule is CC1=C(C(=O)OCc2ccccc2)C(c2ccc(Br)cc2)c2c(nc(=S)[nH]c2N)N1. The Morgan fingerprint density at radius 2 is 1.90 bits per heavy atom. The van der Waals surface area contributed by atoms with Gasteiger partial charge in [-0.1, -0.05) is 58.4 Å². The highest BCUT2D eigenvalue weighted by Crippen LogP contribution is 2.43. The molecule has 0 saturated heterocycles. The lowest BCUT2D eigenvalue weighted by atomic mass is 9.82. The van der Waals surface area contributed by atoms with Gasteiger partial charge < -0.3 is 20.8 Å². The Bertz CT molecular complexity index is 1190. The van der Waals surface area contributed by atoms with Crippen molar-refractivity contribution in [3.8, 4) is 0 Å². The van der Waals surface area contributed by atoms with Crippen molar-refractivity contribution in [1.29, 1.82) is 0 Å². The minimum absolute atomic E-state index is 0.182. The Morgan fingerprint density at radius 1 is 1.20 bits per heavy atom. The number of carbonyl (C=O) groups is 1. The Balaban J connectivity index is 1.77. The number of anilines is 2. The zero-order chi connectivity index (χ0) is 21.3. The van der Waals surface area contributed by atoms with Gasteiger partial charge in [0.2, 0.25) is 0 Å². The number of aromatic amines is 1. The van der Waals surface area contributed by atoms with Gasteiger partial charge in [0.1, 0.15) is 18.2 Å². The Morgan fingerprint density at radius 3 is 2.60 bits per heavy atom. The van der Waals surface area contributed by atoms with Gasteiger partial charge in [0.15, 0.2) is 4.77 Å². The third-order valence-electron chi connectivity index (χ3n) is 4.92. The molecule has 0 saturated carbocycles. The maximum atomic E-state index is 13.2. The quantitative estimate of drug-likeness (QED) is 0.355. The first-order valence-corrected chi connectivity index (χ1v) is 10.5. The van der Waals surface area contributed by atoms with Crippen molar-refractivity contribution in [2.45, 2.75) is 19.4 Å². The van der Waals surface area contributed by atoms with Crippen molar-refractivity contribution >= 4 is 45.8 Å². The fourth-order valence-corrected chi connectivity index (χ4v) is 4.02. The lowest BCUT2D eigenvalue weighted by molar-refractivity contribution is -0.140. The summed E-state index contributed by atoms with van der Waals surface area (Å²) in [6.07, 6.45) is 0. The minimum Gasteiger partial charge on any atom is -0.457 e. The number of carbonyl (C=O) groups excluding carboxylic acids is 1. The summed E-state index contributed by atoms with van der Waals surface area (Å²) in [6.45, 7) is 2.01. The molecule has 30 heavy (non-hydrogen) atoms. The van der Waals surface area contributed by atoms with Gasteiger partial charge in [0.05, 0.1) is 11.5 Å². The Hall–Kier alpha value is -2.97. The molecule has 4 rings (SSSR count). The van der Waals surface area contributed by atoms with Gasteiger partial charge in [0.25, 0.3) is 0 Å². The number of fused-ring (bicyclic) bond motifs is 1. The molecule has 1 unspecified atom stereocenters. The standard InChI is InChI=1S/C22H19BrN4O2S/c1-12-16(21(28)29-11-13-5-3-2-4-6-13)17(14-7-9-15(23)10-8-14)18-19(24)26-22(30)27-20(18)25-12/h2-10,17H,11H2,1H3,(H4,24,25,26,27,30). The van der Waals surface area contributed by atoms with E-state index >= 15 is 0 Å². The predicted molar refractivity (Wildman–Crippen MR) is 122 cm³/mol. The normalized spacial score (nSPS) is 15.3. The molecular weight excluding hydrogens is 464 g/mol. The fraction of sp³-hybridized carbons (Fsp3) is 0.136. The molecular formula is C22H19BrN4O2S. The lowest BCUT2D eigenvalue weighted by Crippen LogP contribution is -2.26. The monoisotopic (exact) mass is 482 g/mol. The minimum atomic E-state index is -0.447. The van der Waals surface area contributed by atoms with Crippen LogP contribution in [0.15, 0.2) is 70.3 Å². The molecule has 0 aliphatic carbocycles. The van der Waals surface area contributed by atoms with Crippen LogP contribution in [0.5, 0.6) is 0 Å². The van der Waals surface area contributed by atoms with Crippen molar-refractivity contribution in [3.63, 3.8) is 0 Å². The molecule has 2 heterocycles. The van der Waals surface area contributed by atoms with Crippen LogP contribution in [0, 0.1) is 4.77 Å². The van der Waals surface area contributed by atoms with E-state index in [1.54, 1.807) is 0 Å². The molecule has 0 radical (unpaired) electrons. The van der Waals surface area contributed by atoms with E-state index < -0.39 is 11.9 Å². The second-order valence-corrected chi connectivity index (χ2v) is 8.23. The second-order valence-electron chi connectivity index (χ2n) is 6.93. The number of nitrogen functional groups attached to an aromatic ring is 1. The number of nitrogens with two attached hydrogens (primary N) is 1. The van der Waals surface area contributed by atoms with E-state index in [1.165, 1.54) is 0 Å². The van der Waals surface area contributed by atoms with E-state index in [0.29, 0.717) is 28.5 Å². The maximum absolute atomic E-state index is 13.2. The van der Waals surface area contributed by atoms with E-state index in [-0.39, 0.29) is 11.4 Å². The van der Waals surface area contributed by atoms with E-state index in [9.17, 15) is 4.79 Å². The van der Waals surface area contributed by atoms with Gasteiger partial charge in [-0.05, 0) is 42.4 Å². The largest absolute Gasteiger partial charge is 0.457 e. The molecule has 3 aromatic rings. The van der Waals surface area contributed by atoms with Crippen LogP contribution in [0.4, 0.5) is 11.6 Å². The molecule has 0 amide bonds. The van der Waals surface area contributed by atoms with Crippen LogP contribution in [-0.2, 0) is 16.1 Å². The molecule has 0 fully saturated rings. The second kappa shape index (κ2) is 8.41. The molecule has 152 valence electrons. The number of H-pyrrole nitrogens is 1.